The smallest absolute Gasteiger partial charge is 0.357 e. The van der Waals surface area contributed by atoms with Crippen LogP contribution in [0.5, 0.6) is 0 Å². The minimum Gasteiger partial charge on any atom is -0.461 e. The lowest BCUT2D eigenvalue weighted by Gasteiger charge is -2.05. The summed E-state index contributed by atoms with van der Waals surface area (Å²) < 4.78 is 4.96. The van der Waals surface area contributed by atoms with Crippen molar-refractivity contribution >= 4 is 5.97 Å². The molecule has 0 aromatic carbocycles. The summed E-state index contributed by atoms with van der Waals surface area (Å²) in [6.07, 6.45) is 2.82. The molecule has 0 spiro atoms. The first-order chi connectivity index (χ1) is 7.63. The molecule has 0 saturated heterocycles. The van der Waals surface area contributed by atoms with E-state index in [9.17, 15) is 4.79 Å². The number of rotatable bonds is 3. The van der Waals surface area contributed by atoms with Crippen molar-refractivity contribution in [2.75, 3.05) is 6.61 Å². The molecule has 0 aliphatic heterocycles. The Kier molecular flexibility index (Phi) is 2.90. The SMILES string of the molecule is CCOC(=O)c1nc(C2CC2C)ncc1C. The maximum absolute atomic E-state index is 11.6. The predicted octanol–water partition coefficient (Wildman–Crippen LogP) is 2.09. The highest BCUT2D eigenvalue weighted by atomic mass is 16.5. The summed E-state index contributed by atoms with van der Waals surface area (Å²) in [6.45, 7) is 6.15. The number of aryl methyl sites for hydroxylation is 1. The maximum Gasteiger partial charge on any atom is 0.357 e. The fourth-order valence-corrected chi connectivity index (χ4v) is 1.72. The molecule has 2 rings (SSSR count). The second-order valence-corrected chi connectivity index (χ2v) is 4.30. The zero-order valence-electron chi connectivity index (χ0n) is 9.86. The van der Waals surface area contributed by atoms with Crippen LogP contribution in [0.2, 0.25) is 0 Å². The van der Waals surface area contributed by atoms with Crippen molar-refractivity contribution in [2.45, 2.75) is 33.1 Å². The zero-order chi connectivity index (χ0) is 11.7. The van der Waals surface area contributed by atoms with E-state index in [-0.39, 0.29) is 5.97 Å². The molecule has 1 aromatic rings. The Bertz CT molecular complexity index is 417. The minimum atomic E-state index is -0.350. The van der Waals surface area contributed by atoms with Crippen LogP contribution in [0, 0.1) is 12.8 Å². The Hall–Kier alpha value is -1.45. The van der Waals surface area contributed by atoms with Crippen molar-refractivity contribution in [1.29, 1.82) is 0 Å². The Morgan fingerprint density at radius 2 is 2.31 bits per heavy atom. The van der Waals surface area contributed by atoms with Crippen LogP contribution in [0.3, 0.4) is 0 Å². The molecule has 0 N–H and O–H groups in total. The van der Waals surface area contributed by atoms with Gasteiger partial charge in [-0.2, -0.15) is 0 Å². The van der Waals surface area contributed by atoms with Crippen molar-refractivity contribution in [1.82, 2.24) is 9.97 Å². The normalized spacial score (nSPS) is 22.9. The van der Waals surface area contributed by atoms with E-state index in [1.807, 2.05) is 6.92 Å². The van der Waals surface area contributed by atoms with Gasteiger partial charge in [-0.1, -0.05) is 6.92 Å². The molecule has 0 amide bonds. The van der Waals surface area contributed by atoms with Gasteiger partial charge in [-0.05, 0) is 26.2 Å². The van der Waals surface area contributed by atoms with E-state index in [2.05, 4.69) is 16.9 Å². The zero-order valence-corrected chi connectivity index (χ0v) is 9.86. The lowest BCUT2D eigenvalue weighted by molar-refractivity contribution is 0.0518. The number of carbonyl (C=O) groups excluding carboxylic acids is 1. The second-order valence-electron chi connectivity index (χ2n) is 4.30. The van der Waals surface area contributed by atoms with Crippen molar-refractivity contribution in [3.8, 4) is 0 Å². The molecular weight excluding hydrogens is 204 g/mol. The molecule has 0 bridgehead atoms. The Morgan fingerprint density at radius 3 is 2.88 bits per heavy atom. The van der Waals surface area contributed by atoms with Gasteiger partial charge in [-0.3, -0.25) is 0 Å². The van der Waals surface area contributed by atoms with Gasteiger partial charge in [-0.15, -0.1) is 0 Å². The molecule has 4 nitrogen and oxygen atoms in total. The molecule has 1 heterocycles. The molecule has 1 aromatic heterocycles. The molecule has 1 saturated carbocycles. The first kappa shape index (κ1) is 11.0. The van der Waals surface area contributed by atoms with E-state index in [1.165, 1.54) is 0 Å². The number of aromatic nitrogens is 2. The average molecular weight is 220 g/mol. The fourth-order valence-electron chi connectivity index (χ4n) is 1.72. The topological polar surface area (TPSA) is 52.1 Å². The molecule has 1 aliphatic rings. The second kappa shape index (κ2) is 4.20. The third kappa shape index (κ3) is 2.05. The number of hydrogen-bond donors (Lipinski definition) is 0. The number of nitrogens with zero attached hydrogens (tertiary/aromatic N) is 2. The highest BCUT2D eigenvalue weighted by molar-refractivity contribution is 5.88. The fraction of sp³-hybridized carbons (Fsp3) is 0.583. The summed E-state index contributed by atoms with van der Waals surface area (Å²) in [7, 11) is 0. The first-order valence-electron chi connectivity index (χ1n) is 5.64. The third-order valence-electron chi connectivity index (χ3n) is 2.90. The van der Waals surface area contributed by atoms with Crippen LogP contribution in [0.1, 0.15) is 48.1 Å². The van der Waals surface area contributed by atoms with Crippen LogP contribution in [-0.2, 0) is 4.74 Å². The van der Waals surface area contributed by atoms with E-state index in [1.54, 1.807) is 13.1 Å². The van der Waals surface area contributed by atoms with E-state index < -0.39 is 0 Å². The van der Waals surface area contributed by atoms with Crippen LogP contribution in [-0.4, -0.2) is 22.5 Å². The van der Waals surface area contributed by atoms with Gasteiger partial charge >= 0.3 is 5.97 Å². The van der Waals surface area contributed by atoms with Crippen LogP contribution in [0.4, 0.5) is 0 Å². The number of ether oxygens (including phenoxy) is 1. The highest BCUT2D eigenvalue weighted by Gasteiger charge is 2.37. The van der Waals surface area contributed by atoms with Crippen LogP contribution >= 0.6 is 0 Å². The van der Waals surface area contributed by atoms with Crippen LogP contribution in [0.15, 0.2) is 6.20 Å². The van der Waals surface area contributed by atoms with Crippen molar-refractivity contribution in [3.05, 3.63) is 23.3 Å². The average Bonchev–Trinajstić information content (AvgIpc) is 2.96. The quantitative estimate of drug-likeness (QED) is 0.732. The van der Waals surface area contributed by atoms with Crippen LogP contribution < -0.4 is 0 Å². The third-order valence-corrected chi connectivity index (χ3v) is 2.90. The predicted molar refractivity (Wildman–Crippen MR) is 59.2 cm³/mol. The summed E-state index contributed by atoms with van der Waals surface area (Å²) in [4.78, 5) is 20.2. The van der Waals surface area contributed by atoms with Gasteiger partial charge in [0.25, 0.3) is 0 Å². The lowest BCUT2D eigenvalue weighted by Crippen LogP contribution is -2.11. The standard InChI is InChI=1S/C12H16N2O2/c1-4-16-12(15)10-8(3)6-13-11(14-10)9-5-7(9)2/h6-7,9H,4-5H2,1-3H3. The van der Waals surface area contributed by atoms with Gasteiger partial charge in [0.1, 0.15) is 5.82 Å². The van der Waals surface area contributed by atoms with Gasteiger partial charge in [0, 0.05) is 17.7 Å². The van der Waals surface area contributed by atoms with Crippen molar-refractivity contribution in [2.24, 2.45) is 5.92 Å². The molecule has 16 heavy (non-hydrogen) atoms. The van der Waals surface area contributed by atoms with Gasteiger partial charge < -0.3 is 4.74 Å². The van der Waals surface area contributed by atoms with Crippen molar-refractivity contribution < 1.29 is 9.53 Å². The van der Waals surface area contributed by atoms with E-state index in [0.29, 0.717) is 24.1 Å². The largest absolute Gasteiger partial charge is 0.461 e. The van der Waals surface area contributed by atoms with E-state index in [4.69, 9.17) is 4.74 Å². The number of carbonyl (C=O) groups is 1. The molecule has 2 atom stereocenters. The molecule has 2 unspecified atom stereocenters. The Labute approximate surface area is 95.1 Å². The monoisotopic (exact) mass is 220 g/mol. The van der Waals surface area contributed by atoms with Gasteiger partial charge in [0.2, 0.25) is 0 Å². The molecule has 0 radical (unpaired) electrons. The summed E-state index contributed by atoms with van der Waals surface area (Å²) >= 11 is 0. The summed E-state index contributed by atoms with van der Waals surface area (Å²) in [6, 6.07) is 0. The molecule has 1 aliphatic carbocycles. The summed E-state index contributed by atoms with van der Waals surface area (Å²) in [5, 5.41) is 0. The van der Waals surface area contributed by atoms with E-state index >= 15 is 0 Å². The number of hydrogen-bond acceptors (Lipinski definition) is 4. The van der Waals surface area contributed by atoms with E-state index in [0.717, 1.165) is 17.8 Å². The molecular formula is C12H16N2O2. The van der Waals surface area contributed by atoms with Crippen LogP contribution in [0.25, 0.3) is 0 Å². The summed E-state index contributed by atoms with van der Waals surface area (Å²) in [5.41, 5.74) is 1.18. The highest BCUT2D eigenvalue weighted by Crippen LogP contribution is 2.45. The summed E-state index contributed by atoms with van der Waals surface area (Å²) in [5.74, 6) is 1.49. The number of esters is 1. The van der Waals surface area contributed by atoms with Gasteiger partial charge in [0.05, 0.1) is 6.61 Å². The molecule has 4 heteroatoms. The van der Waals surface area contributed by atoms with Gasteiger partial charge in [0.15, 0.2) is 5.69 Å². The Balaban J connectivity index is 2.26. The van der Waals surface area contributed by atoms with Gasteiger partial charge in [-0.25, -0.2) is 14.8 Å². The van der Waals surface area contributed by atoms with Crippen molar-refractivity contribution in [3.63, 3.8) is 0 Å². The lowest BCUT2D eigenvalue weighted by atomic mass is 10.2. The molecule has 1 fully saturated rings. The maximum atomic E-state index is 11.6. The minimum absolute atomic E-state index is 0.350. The first-order valence-corrected chi connectivity index (χ1v) is 5.64. The molecule has 86 valence electrons. The Morgan fingerprint density at radius 1 is 1.62 bits per heavy atom.